The number of hydrogen-bond acceptors (Lipinski definition) is 6. The Bertz CT molecular complexity index is 1210. The summed E-state index contributed by atoms with van der Waals surface area (Å²) in [6.45, 7) is 6.58. The van der Waals surface area contributed by atoms with Crippen LogP contribution in [-0.4, -0.2) is 65.9 Å². The van der Waals surface area contributed by atoms with Crippen LogP contribution in [0.15, 0.2) is 18.3 Å². The highest BCUT2D eigenvalue weighted by atomic mass is 32.1. The maximum Gasteiger partial charge on any atom is 0.321 e. The number of anilines is 2. The number of nitrogens with zero attached hydrogens (tertiary/aromatic N) is 3. The van der Waals surface area contributed by atoms with Gasteiger partial charge in [0.15, 0.2) is 5.01 Å². The second-order valence-corrected chi connectivity index (χ2v) is 11.3. The van der Waals surface area contributed by atoms with E-state index in [1.54, 1.807) is 20.0 Å². The number of carbonyl (C=O) groups is 4. The summed E-state index contributed by atoms with van der Waals surface area (Å²) in [5.74, 6) is -1.06. The molecule has 3 N–H and O–H groups in total. The molecule has 0 radical (unpaired) electrons. The number of rotatable bonds is 9. The Hall–Kier alpha value is -3.54. The van der Waals surface area contributed by atoms with E-state index in [1.165, 1.54) is 27.2 Å². The van der Waals surface area contributed by atoms with E-state index in [9.17, 15) is 19.2 Å². The molecule has 10 nitrogen and oxygen atoms in total. The summed E-state index contributed by atoms with van der Waals surface area (Å²) in [5, 5.41) is 8.71. The normalized spacial score (nSPS) is 17.2. The minimum atomic E-state index is -0.763. The molecule has 1 aliphatic carbocycles. The Morgan fingerprint density at radius 2 is 2.00 bits per heavy atom. The fraction of sp³-hybridized carbons (Fsp3) is 0.500. The fourth-order valence-electron chi connectivity index (χ4n) is 4.35. The van der Waals surface area contributed by atoms with Crippen molar-refractivity contribution in [2.45, 2.75) is 58.5 Å². The number of amides is 5. The first-order valence-electron chi connectivity index (χ1n) is 12.8. The molecule has 5 amide bonds. The summed E-state index contributed by atoms with van der Waals surface area (Å²) in [6, 6.07) is 1.26. The number of likely N-dealkylation sites (tertiary alicyclic amines) is 1. The van der Waals surface area contributed by atoms with Crippen LogP contribution in [0.4, 0.5) is 20.6 Å². The lowest BCUT2D eigenvalue weighted by Gasteiger charge is -2.33. The molecule has 0 bridgehead atoms. The van der Waals surface area contributed by atoms with Gasteiger partial charge in [0.2, 0.25) is 6.41 Å². The molecular weight excluding hydrogens is 511 g/mol. The van der Waals surface area contributed by atoms with Crippen molar-refractivity contribution in [1.82, 2.24) is 20.5 Å². The van der Waals surface area contributed by atoms with E-state index in [4.69, 9.17) is 0 Å². The van der Waals surface area contributed by atoms with E-state index >= 15 is 4.39 Å². The molecule has 2 aromatic rings. The lowest BCUT2D eigenvalue weighted by Crippen LogP contribution is -2.50. The maximum atomic E-state index is 15.2. The molecule has 1 saturated heterocycles. The van der Waals surface area contributed by atoms with E-state index in [1.807, 2.05) is 6.92 Å². The first kappa shape index (κ1) is 27.5. The Balaban J connectivity index is 1.48. The van der Waals surface area contributed by atoms with Gasteiger partial charge in [-0.05, 0) is 58.4 Å². The first-order chi connectivity index (χ1) is 18.2. The van der Waals surface area contributed by atoms with Gasteiger partial charge in [0, 0.05) is 48.9 Å². The van der Waals surface area contributed by atoms with Crippen molar-refractivity contribution in [2.24, 2.45) is 5.92 Å². The lowest BCUT2D eigenvalue weighted by atomic mass is 10.1. The minimum Gasteiger partial charge on any atom is -0.352 e. The van der Waals surface area contributed by atoms with Crippen molar-refractivity contribution >= 4 is 47.0 Å². The molecule has 1 saturated carbocycles. The largest absolute Gasteiger partial charge is 0.352 e. The second kappa shape index (κ2) is 11.9. The third kappa shape index (κ3) is 6.66. The molecule has 1 atom stereocenters. The molecule has 38 heavy (non-hydrogen) atoms. The van der Waals surface area contributed by atoms with Gasteiger partial charge < -0.3 is 25.8 Å². The third-order valence-electron chi connectivity index (χ3n) is 6.63. The van der Waals surface area contributed by atoms with Gasteiger partial charge >= 0.3 is 6.03 Å². The van der Waals surface area contributed by atoms with E-state index in [0.717, 1.165) is 23.8 Å². The van der Waals surface area contributed by atoms with Crippen molar-refractivity contribution < 1.29 is 23.6 Å². The van der Waals surface area contributed by atoms with Crippen LogP contribution in [0, 0.1) is 18.7 Å². The number of halogens is 1. The highest BCUT2D eigenvalue weighted by molar-refractivity contribution is 7.13. The minimum absolute atomic E-state index is 0.102. The highest BCUT2D eigenvalue weighted by Crippen LogP contribution is 2.30. The van der Waals surface area contributed by atoms with E-state index in [2.05, 4.69) is 20.9 Å². The first-order valence-corrected chi connectivity index (χ1v) is 13.6. The summed E-state index contributed by atoms with van der Waals surface area (Å²) in [4.78, 5) is 58.1. The molecule has 0 unspecified atom stereocenters. The van der Waals surface area contributed by atoms with Crippen molar-refractivity contribution in [2.75, 3.05) is 29.9 Å². The lowest BCUT2D eigenvalue weighted by molar-refractivity contribution is -0.107. The standard InChI is InChI=1S/C26H33FN6O4S/c1-15(2)33(14-34)22-10-20(27)21(9-19(22)23(35)28-12-17-6-7-17)31-26(37)32-8-4-5-18(13-32)30-24(36)25-29-11-16(3)38-25/h9-11,14-15,17-18H,4-8,12-13H2,1-3H3,(H,28,35)(H,30,36)(H,31,37)/t18-/m1/s1. The molecule has 12 heteroatoms. The third-order valence-corrected chi connectivity index (χ3v) is 7.54. The predicted molar refractivity (Wildman–Crippen MR) is 143 cm³/mol. The van der Waals surface area contributed by atoms with Crippen LogP contribution in [0.5, 0.6) is 0 Å². The molecule has 1 aliphatic heterocycles. The summed E-state index contributed by atoms with van der Waals surface area (Å²) in [7, 11) is 0. The van der Waals surface area contributed by atoms with Gasteiger partial charge in [0.1, 0.15) is 5.82 Å². The molecule has 2 aliphatic rings. The average Bonchev–Trinajstić information content (AvgIpc) is 3.61. The zero-order chi connectivity index (χ0) is 27.4. The summed E-state index contributed by atoms with van der Waals surface area (Å²) in [5.41, 5.74) is 0.0805. The maximum absolute atomic E-state index is 15.2. The van der Waals surface area contributed by atoms with Crippen molar-refractivity contribution in [3.8, 4) is 0 Å². The van der Waals surface area contributed by atoms with E-state index in [-0.39, 0.29) is 41.5 Å². The highest BCUT2D eigenvalue weighted by Gasteiger charge is 2.28. The number of thiazole rings is 1. The van der Waals surface area contributed by atoms with Crippen molar-refractivity contribution in [3.63, 3.8) is 0 Å². The zero-order valence-electron chi connectivity index (χ0n) is 21.8. The molecule has 2 fully saturated rings. The summed E-state index contributed by atoms with van der Waals surface area (Å²) < 4.78 is 15.2. The van der Waals surface area contributed by atoms with Gasteiger partial charge in [0.05, 0.1) is 16.9 Å². The summed E-state index contributed by atoms with van der Waals surface area (Å²) in [6.07, 6.45) is 5.65. The van der Waals surface area contributed by atoms with Gasteiger partial charge in [-0.15, -0.1) is 11.3 Å². The number of benzene rings is 1. The van der Waals surface area contributed by atoms with Crippen LogP contribution in [0.3, 0.4) is 0 Å². The molecule has 0 spiro atoms. The molecule has 204 valence electrons. The molecular formula is C26H33FN6O4S. The van der Waals surface area contributed by atoms with Gasteiger partial charge in [0.25, 0.3) is 11.8 Å². The fourth-order valence-corrected chi connectivity index (χ4v) is 5.01. The molecule has 1 aromatic heterocycles. The van der Waals surface area contributed by atoms with E-state index in [0.29, 0.717) is 43.3 Å². The Labute approximate surface area is 225 Å². The number of hydrogen-bond donors (Lipinski definition) is 3. The topological polar surface area (TPSA) is 124 Å². The quantitative estimate of drug-likeness (QED) is 0.417. The number of piperidine rings is 1. The monoisotopic (exact) mass is 544 g/mol. The Kier molecular flexibility index (Phi) is 8.60. The van der Waals surface area contributed by atoms with Crippen LogP contribution >= 0.6 is 11.3 Å². The number of aromatic nitrogens is 1. The second-order valence-electron chi connectivity index (χ2n) is 10.1. The average molecular weight is 545 g/mol. The van der Waals surface area contributed by atoms with Crippen molar-refractivity contribution in [3.05, 3.63) is 39.6 Å². The molecule has 4 rings (SSSR count). The van der Waals surface area contributed by atoms with Gasteiger partial charge in [-0.2, -0.15) is 0 Å². The Morgan fingerprint density at radius 3 is 2.63 bits per heavy atom. The molecule has 2 heterocycles. The number of aryl methyl sites for hydroxylation is 1. The predicted octanol–water partition coefficient (Wildman–Crippen LogP) is 3.53. The van der Waals surface area contributed by atoms with Gasteiger partial charge in [-0.25, -0.2) is 14.2 Å². The SMILES string of the molecule is Cc1cnc(C(=O)N[C@@H]2CCCN(C(=O)Nc3cc(C(=O)NCC4CC4)c(N(C=O)C(C)C)cc3F)C2)s1. The number of nitrogens with one attached hydrogen (secondary N) is 3. The van der Waals surface area contributed by atoms with Gasteiger partial charge in [-0.1, -0.05) is 0 Å². The summed E-state index contributed by atoms with van der Waals surface area (Å²) >= 11 is 1.30. The smallest absolute Gasteiger partial charge is 0.321 e. The number of carbonyl (C=O) groups excluding carboxylic acids is 4. The Morgan fingerprint density at radius 1 is 1.24 bits per heavy atom. The molecule has 1 aromatic carbocycles. The van der Waals surface area contributed by atoms with Crippen LogP contribution in [0.2, 0.25) is 0 Å². The number of urea groups is 1. The van der Waals surface area contributed by atoms with Crippen molar-refractivity contribution in [1.29, 1.82) is 0 Å². The van der Waals surface area contributed by atoms with Crippen LogP contribution in [-0.2, 0) is 4.79 Å². The van der Waals surface area contributed by atoms with Gasteiger partial charge in [-0.3, -0.25) is 14.4 Å². The van der Waals surface area contributed by atoms with Crippen LogP contribution < -0.4 is 20.9 Å². The zero-order valence-corrected chi connectivity index (χ0v) is 22.6. The van der Waals surface area contributed by atoms with E-state index < -0.39 is 17.8 Å². The van der Waals surface area contributed by atoms with Crippen LogP contribution in [0.1, 0.15) is 64.6 Å². The van der Waals surface area contributed by atoms with Crippen LogP contribution in [0.25, 0.3) is 0 Å².